The Hall–Kier alpha value is -2.82. The van der Waals surface area contributed by atoms with Crippen molar-refractivity contribution in [3.63, 3.8) is 0 Å². The van der Waals surface area contributed by atoms with Crippen LogP contribution < -0.4 is 5.73 Å². The Morgan fingerprint density at radius 1 is 1.13 bits per heavy atom. The van der Waals surface area contributed by atoms with Crippen molar-refractivity contribution < 1.29 is 18.0 Å². The summed E-state index contributed by atoms with van der Waals surface area (Å²) in [4.78, 5) is 11.6. The lowest BCUT2D eigenvalue weighted by Gasteiger charge is -2.36. The van der Waals surface area contributed by atoms with Crippen molar-refractivity contribution in [2.75, 3.05) is 0 Å². The lowest BCUT2D eigenvalue weighted by molar-refractivity contribution is -0.0627. The number of hydrogen-bond donors (Lipinski definition) is 1. The lowest BCUT2D eigenvalue weighted by atomic mass is 10.00. The Morgan fingerprint density at radius 3 is 2.23 bits per heavy atom. The summed E-state index contributed by atoms with van der Waals surface area (Å²) in [7, 11) is -2.39. The molecular weight excluding hydrogens is 414 g/mol. The van der Waals surface area contributed by atoms with Crippen molar-refractivity contribution in [1.29, 1.82) is 5.26 Å². The van der Waals surface area contributed by atoms with Crippen LogP contribution in [0.25, 0.3) is 6.08 Å². The van der Waals surface area contributed by atoms with Crippen molar-refractivity contribution in [1.82, 2.24) is 0 Å². The van der Waals surface area contributed by atoms with Gasteiger partial charge in [0.25, 0.3) is 5.92 Å². The number of nitrogens with zero attached hydrogens (tertiary/aromatic N) is 1. The van der Waals surface area contributed by atoms with E-state index in [1.807, 2.05) is 26.8 Å². The SMILES string of the molecule is CC[Si](CC)(CC)OC(c1ccc(C#N)cc1)C(F)(F)C=Cc1ccccc1C(N)=O. The van der Waals surface area contributed by atoms with E-state index in [2.05, 4.69) is 0 Å². The van der Waals surface area contributed by atoms with Crippen molar-refractivity contribution in [2.24, 2.45) is 5.73 Å². The predicted molar refractivity (Wildman–Crippen MR) is 121 cm³/mol. The maximum atomic E-state index is 15.5. The third-order valence-corrected chi connectivity index (χ3v) is 10.3. The molecule has 0 saturated heterocycles. The Morgan fingerprint density at radius 2 is 1.71 bits per heavy atom. The number of rotatable bonds is 10. The summed E-state index contributed by atoms with van der Waals surface area (Å²) >= 11 is 0. The van der Waals surface area contributed by atoms with Gasteiger partial charge in [-0.05, 0) is 53.5 Å². The highest BCUT2D eigenvalue weighted by Gasteiger charge is 2.44. The molecule has 31 heavy (non-hydrogen) atoms. The summed E-state index contributed by atoms with van der Waals surface area (Å²) < 4.78 is 37.3. The lowest BCUT2D eigenvalue weighted by Crippen LogP contribution is -2.41. The normalized spacial score (nSPS) is 13.2. The zero-order valence-corrected chi connectivity index (χ0v) is 19.1. The Bertz CT molecular complexity index is 956. The second-order valence-corrected chi connectivity index (χ2v) is 12.2. The van der Waals surface area contributed by atoms with Crippen molar-refractivity contribution >= 4 is 20.3 Å². The standard InChI is InChI=1S/C24H28F2N2O2Si/c1-4-31(5-2,6-3)30-22(20-13-11-18(17-27)12-14-20)24(25,26)16-15-19-9-7-8-10-21(19)23(28)29/h7-16,22H,4-6H2,1-3H3,(H2,28,29). The average Bonchev–Trinajstić information content (AvgIpc) is 2.79. The van der Waals surface area contributed by atoms with Crippen LogP contribution in [0.4, 0.5) is 8.78 Å². The van der Waals surface area contributed by atoms with E-state index in [9.17, 15) is 4.79 Å². The number of primary amides is 1. The summed E-state index contributed by atoms with van der Waals surface area (Å²) in [5, 5.41) is 9.04. The zero-order valence-electron chi connectivity index (χ0n) is 18.1. The van der Waals surface area contributed by atoms with E-state index >= 15 is 8.78 Å². The topological polar surface area (TPSA) is 76.1 Å². The third-order valence-electron chi connectivity index (χ3n) is 5.70. The first-order valence-corrected chi connectivity index (χ1v) is 12.9. The van der Waals surface area contributed by atoms with Crippen LogP contribution in [0.15, 0.2) is 54.6 Å². The number of nitrogens with two attached hydrogens (primary N) is 1. The second kappa shape index (κ2) is 10.5. The summed E-state index contributed by atoms with van der Waals surface area (Å²) in [5.41, 5.74) is 6.55. The number of amides is 1. The van der Waals surface area contributed by atoms with Crippen LogP contribution >= 0.6 is 0 Å². The molecule has 1 atom stereocenters. The van der Waals surface area contributed by atoms with Crippen LogP contribution in [0.5, 0.6) is 0 Å². The first kappa shape index (κ1) is 24.4. The number of halogens is 2. The van der Waals surface area contributed by atoms with Gasteiger partial charge in [0.05, 0.1) is 11.6 Å². The largest absolute Gasteiger partial charge is 0.404 e. The first-order valence-electron chi connectivity index (χ1n) is 10.4. The number of carbonyl (C=O) groups is 1. The zero-order chi connectivity index (χ0) is 23.1. The summed E-state index contributed by atoms with van der Waals surface area (Å²) in [6.45, 7) is 5.93. The fourth-order valence-electron chi connectivity index (χ4n) is 3.51. The minimum Gasteiger partial charge on any atom is -0.404 e. The monoisotopic (exact) mass is 442 g/mol. The van der Waals surface area contributed by atoms with Crippen LogP contribution in [-0.4, -0.2) is 20.1 Å². The van der Waals surface area contributed by atoms with Gasteiger partial charge in [0.1, 0.15) is 6.10 Å². The molecule has 0 heterocycles. The molecule has 164 valence electrons. The number of nitriles is 1. The highest BCUT2D eigenvalue weighted by atomic mass is 28.4. The average molecular weight is 443 g/mol. The molecule has 0 aromatic heterocycles. The highest BCUT2D eigenvalue weighted by Crippen LogP contribution is 2.41. The fraction of sp³-hybridized carbons (Fsp3) is 0.333. The Kier molecular flexibility index (Phi) is 8.26. The van der Waals surface area contributed by atoms with E-state index in [1.165, 1.54) is 36.4 Å². The van der Waals surface area contributed by atoms with Gasteiger partial charge in [0, 0.05) is 5.56 Å². The molecule has 0 bridgehead atoms. The van der Waals surface area contributed by atoms with Gasteiger partial charge in [-0.1, -0.05) is 57.2 Å². The molecule has 0 radical (unpaired) electrons. The molecule has 0 saturated carbocycles. The number of benzene rings is 2. The Balaban J connectivity index is 2.50. The van der Waals surface area contributed by atoms with Crippen LogP contribution in [0.3, 0.4) is 0 Å². The molecule has 2 aromatic rings. The van der Waals surface area contributed by atoms with E-state index in [4.69, 9.17) is 15.4 Å². The molecule has 0 aliphatic heterocycles. The van der Waals surface area contributed by atoms with Gasteiger partial charge >= 0.3 is 0 Å². The van der Waals surface area contributed by atoms with Gasteiger partial charge in [0.15, 0.2) is 8.32 Å². The third kappa shape index (κ3) is 5.87. The van der Waals surface area contributed by atoms with Crippen LogP contribution in [0, 0.1) is 11.3 Å². The van der Waals surface area contributed by atoms with Gasteiger partial charge in [-0.2, -0.15) is 14.0 Å². The van der Waals surface area contributed by atoms with Gasteiger partial charge < -0.3 is 10.2 Å². The van der Waals surface area contributed by atoms with Gasteiger partial charge in [-0.15, -0.1) is 0 Å². The van der Waals surface area contributed by atoms with E-state index in [0.29, 0.717) is 16.7 Å². The molecule has 2 rings (SSSR count). The number of alkyl halides is 2. The van der Waals surface area contributed by atoms with Crippen molar-refractivity contribution in [3.8, 4) is 6.07 Å². The van der Waals surface area contributed by atoms with E-state index in [1.54, 1.807) is 18.2 Å². The number of carbonyl (C=O) groups excluding carboxylic acids is 1. The summed E-state index contributed by atoms with van der Waals surface area (Å²) in [5.74, 6) is -4.03. The van der Waals surface area contributed by atoms with Gasteiger partial charge in [-0.3, -0.25) is 4.79 Å². The van der Waals surface area contributed by atoms with E-state index < -0.39 is 26.3 Å². The van der Waals surface area contributed by atoms with E-state index in [0.717, 1.165) is 24.2 Å². The van der Waals surface area contributed by atoms with Gasteiger partial charge in [0.2, 0.25) is 5.91 Å². The molecule has 7 heteroatoms. The summed E-state index contributed by atoms with van der Waals surface area (Å²) in [6, 6.07) is 16.6. The molecule has 2 N–H and O–H groups in total. The molecule has 1 unspecified atom stereocenters. The van der Waals surface area contributed by atoms with Crippen LogP contribution in [-0.2, 0) is 4.43 Å². The maximum absolute atomic E-state index is 15.5. The van der Waals surface area contributed by atoms with Gasteiger partial charge in [-0.25, -0.2) is 0 Å². The van der Waals surface area contributed by atoms with E-state index in [-0.39, 0.29) is 5.56 Å². The highest BCUT2D eigenvalue weighted by molar-refractivity contribution is 6.73. The molecule has 0 fully saturated rings. The van der Waals surface area contributed by atoms with Crippen LogP contribution in [0.1, 0.15) is 53.9 Å². The second-order valence-electron chi connectivity index (χ2n) is 7.43. The molecule has 0 spiro atoms. The number of hydrogen-bond acceptors (Lipinski definition) is 3. The summed E-state index contributed by atoms with van der Waals surface area (Å²) in [6.07, 6.45) is 0.495. The maximum Gasteiger partial charge on any atom is 0.295 e. The molecule has 0 aliphatic carbocycles. The first-order chi connectivity index (χ1) is 14.7. The Labute approximate surface area is 183 Å². The van der Waals surface area contributed by atoms with Crippen molar-refractivity contribution in [3.05, 3.63) is 76.9 Å². The molecule has 4 nitrogen and oxygen atoms in total. The van der Waals surface area contributed by atoms with Crippen molar-refractivity contribution in [2.45, 2.75) is 50.9 Å². The molecule has 1 amide bonds. The quantitative estimate of drug-likeness (QED) is 0.454. The molecular formula is C24H28F2N2O2Si. The molecule has 2 aromatic carbocycles. The smallest absolute Gasteiger partial charge is 0.295 e. The van der Waals surface area contributed by atoms with Crippen LogP contribution in [0.2, 0.25) is 18.1 Å². The predicted octanol–water partition coefficient (Wildman–Crippen LogP) is 6.07. The minimum atomic E-state index is -3.35. The fourth-order valence-corrected chi connectivity index (χ4v) is 6.30. The molecule has 0 aliphatic rings. The minimum absolute atomic E-state index is 0.171.